The zero-order chi connectivity index (χ0) is 20.3. The number of halogens is 2. The number of amides is 2. The molecular weight excluding hydrogens is 435 g/mol. The van der Waals surface area contributed by atoms with Crippen LogP contribution in [0.3, 0.4) is 0 Å². The standard InChI is InChI=1S/C20H16Cl2N2O2S2/c1-12-2-4-13(5-3-12)10-17-19(26)24(20(27)28-17)9-8-18(25)23-16-7-6-14(21)11-15(16)22/h2-7,10-11H,8-9H2,1H3,(H,23,25). The molecule has 28 heavy (non-hydrogen) atoms. The molecule has 1 heterocycles. The highest BCUT2D eigenvalue weighted by Gasteiger charge is 2.32. The van der Waals surface area contributed by atoms with Gasteiger partial charge in [-0.25, -0.2) is 0 Å². The molecule has 0 spiro atoms. The Morgan fingerprint density at radius 2 is 1.93 bits per heavy atom. The van der Waals surface area contributed by atoms with Crippen LogP contribution in [-0.4, -0.2) is 27.6 Å². The molecule has 1 N–H and O–H groups in total. The van der Waals surface area contributed by atoms with Crippen molar-refractivity contribution in [3.63, 3.8) is 0 Å². The Morgan fingerprint density at radius 3 is 2.61 bits per heavy atom. The molecule has 2 amide bonds. The summed E-state index contributed by atoms with van der Waals surface area (Å²) in [6.45, 7) is 2.21. The monoisotopic (exact) mass is 450 g/mol. The second kappa shape index (κ2) is 9.09. The molecule has 1 aliphatic heterocycles. The lowest BCUT2D eigenvalue weighted by Crippen LogP contribution is -2.31. The first-order chi connectivity index (χ1) is 13.3. The van der Waals surface area contributed by atoms with Crippen molar-refractivity contribution in [2.75, 3.05) is 11.9 Å². The zero-order valence-electron chi connectivity index (χ0n) is 14.9. The van der Waals surface area contributed by atoms with Gasteiger partial charge in [0.1, 0.15) is 4.32 Å². The Morgan fingerprint density at radius 1 is 1.21 bits per heavy atom. The summed E-state index contributed by atoms with van der Waals surface area (Å²) in [5.41, 5.74) is 2.55. The van der Waals surface area contributed by atoms with Crippen molar-refractivity contribution in [1.29, 1.82) is 0 Å². The highest BCUT2D eigenvalue weighted by Crippen LogP contribution is 2.32. The Labute approximate surface area is 182 Å². The molecule has 0 bridgehead atoms. The molecule has 0 radical (unpaired) electrons. The van der Waals surface area contributed by atoms with Gasteiger partial charge in [0, 0.05) is 18.0 Å². The lowest BCUT2D eigenvalue weighted by molar-refractivity contribution is -0.122. The van der Waals surface area contributed by atoms with E-state index < -0.39 is 0 Å². The van der Waals surface area contributed by atoms with Crippen LogP contribution >= 0.6 is 47.2 Å². The molecule has 2 aromatic carbocycles. The van der Waals surface area contributed by atoms with E-state index in [4.69, 9.17) is 35.4 Å². The van der Waals surface area contributed by atoms with Crippen molar-refractivity contribution >= 4 is 75.1 Å². The third-order valence-corrected chi connectivity index (χ3v) is 5.94. The predicted octanol–water partition coefficient (Wildman–Crippen LogP) is 5.53. The lowest BCUT2D eigenvalue weighted by Gasteiger charge is -2.14. The molecule has 0 saturated carbocycles. The molecule has 3 rings (SSSR count). The van der Waals surface area contributed by atoms with E-state index in [0.717, 1.165) is 11.1 Å². The van der Waals surface area contributed by atoms with Gasteiger partial charge < -0.3 is 5.32 Å². The number of carbonyl (C=O) groups is 2. The first-order valence-electron chi connectivity index (χ1n) is 8.40. The van der Waals surface area contributed by atoms with Crippen molar-refractivity contribution in [3.05, 3.63) is 68.5 Å². The van der Waals surface area contributed by atoms with Crippen LogP contribution in [0.1, 0.15) is 17.5 Å². The lowest BCUT2D eigenvalue weighted by atomic mass is 10.1. The van der Waals surface area contributed by atoms with E-state index in [9.17, 15) is 9.59 Å². The second-order valence-corrected chi connectivity index (χ2v) is 8.69. The average Bonchev–Trinajstić information content (AvgIpc) is 2.91. The average molecular weight is 451 g/mol. The van der Waals surface area contributed by atoms with Crippen LogP contribution in [0, 0.1) is 6.92 Å². The van der Waals surface area contributed by atoms with Gasteiger partial charge in [-0.3, -0.25) is 14.5 Å². The first-order valence-corrected chi connectivity index (χ1v) is 10.4. The number of nitrogens with zero attached hydrogens (tertiary/aromatic N) is 1. The number of rotatable bonds is 5. The molecule has 0 aromatic heterocycles. The summed E-state index contributed by atoms with van der Waals surface area (Å²) in [7, 11) is 0. The Bertz CT molecular complexity index is 975. The number of thioether (sulfide) groups is 1. The normalized spacial score (nSPS) is 15.4. The summed E-state index contributed by atoms with van der Waals surface area (Å²) in [6, 6.07) is 12.7. The summed E-state index contributed by atoms with van der Waals surface area (Å²) < 4.78 is 0.445. The van der Waals surface area contributed by atoms with E-state index in [2.05, 4.69) is 5.32 Å². The highest BCUT2D eigenvalue weighted by atomic mass is 35.5. The van der Waals surface area contributed by atoms with E-state index in [0.29, 0.717) is 25.0 Å². The van der Waals surface area contributed by atoms with Gasteiger partial charge in [0.25, 0.3) is 5.91 Å². The maximum absolute atomic E-state index is 12.6. The topological polar surface area (TPSA) is 49.4 Å². The van der Waals surface area contributed by atoms with Crippen molar-refractivity contribution in [2.24, 2.45) is 0 Å². The molecule has 8 heteroatoms. The molecule has 0 aliphatic carbocycles. The SMILES string of the molecule is Cc1ccc(C=C2SC(=S)N(CCC(=O)Nc3ccc(Cl)cc3Cl)C2=O)cc1. The molecule has 0 unspecified atom stereocenters. The van der Waals surface area contributed by atoms with Gasteiger partial charge in [0.05, 0.1) is 15.6 Å². The third kappa shape index (κ3) is 5.14. The van der Waals surface area contributed by atoms with Crippen LogP contribution in [0.5, 0.6) is 0 Å². The van der Waals surface area contributed by atoms with Crippen LogP contribution in [0.25, 0.3) is 6.08 Å². The van der Waals surface area contributed by atoms with Crippen LogP contribution in [0.15, 0.2) is 47.4 Å². The Balaban J connectivity index is 1.61. The number of anilines is 1. The van der Waals surface area contributed by atoms with Gasteiger partial charge in [0.15, 0.2) is 0 Å². The number of hydrogen-bond acceptors (Lipinski definition) is 4. The maximum atomic E-state index is 12.6. The van der Waals surface area contributed by atoms with E-state index in [1.54, 1.807) is 18.2 Å². The fourth-order valence-corrected chi connectivity index (χ4v) is 4.29. The van der Waals surface area contributed by atoms with Crippen LogP contribution < -0.4 is 5.32 Å². The summed E-state index contributed by atoms with van der Waals surface area (Å²) in [5.74, 6) is -0.450. The van der Waals surface area contributed by atoms with E-state index >= 15 is 0 Å². The largest absolute Gasteiger partial charge is 0.325 e. The predicted molar refractivity (Wildman–Crippen MR) is 121 cm³/mol. The quantitative estimate of drug-likeness (QED) is 0.480. The minimum atomic E-state index is -0.263. The molecule has 144 valence electrons. The fraction of sp³-hybridized carbons (Fsp3) is 0.150. The van der Waals surface area contributed by atoms with Gasteiger partial charge in [0.2, 0.25) is 5.91 Å². The van der Waals surface area contributed by atoms with Crippen LogP contribution in [0.2, 0.25) is 10.0 Å². The minimum absolute atomic E-state index is 0.100. The molecule has 1 fully saturated rings. The van der Waals surface area contributed by atoms with Gasteiger partial charge >= 0.3 is 0 Å². The van der Waals surface area contributed by atoms with Crippen molar-refractivity contribution in [3.8, 4) is 0 Å². The van der Waals surface area contributed by atoms with Gasteiger partial charge in [-0.2, -0.15) is 0 Å². The van der Waals surface area contributed by atoms with Gasteiger partial charge in [-0.15, -0.1) is 0 Å². The molecular formula is C20H16Cl2N2O2S2. The van der Waals surface area contributed by atoms with Crippen LogP contribution in [-0.2, 0) is 9.59 Å². The van der Waals surface area contributed by atoms with E-state index in [-0.39, 0.29) is 24.8 Å². The van der Waals surface area contributed by atoms with Gasteiger partial charge in [-0.1, -0.05) is 77.0 Å². The van der Waals surface area contributed by atoms with Crippen molar-refractivity contribution in [1.82, 2.24) is 4.90 Å². The summed E-state index contributed by atoms with van der Waals surface area (Å²) >= 11 is 18.5. The summed E-state index contributed by atoms with van der Waals surface area (Å²) in [6.07, 6.45) is 1.91. The number of thiocarbonyl (C=S) groups is 1. The number of aryl methyl sites for hydroxylation is 1. The molecule has 1 saturated heterocycles. The van der Waals surface area contributed by atoms with E-state index in [1.807, 2.05) is 37.3 Å². The summed E-state index contributed by atoms with van der Waals surface area (Å²) in [5, 5.41) is 3.56. The maximum Gasteiger partial charge on any atom is 0.266 e. The highest BCUT2D eigenvalue weighted by molar-refractivity contribution is 8.26. The fourth-order valence-electron chi connectivity index (χ4n) is 2.52. The third-order valence-electron chi connectivity index (χ3n) is 4.02. The molecule has 0 atom stereocenters. The molecule has 2 aromatic rings. The second-order valence-electron chi connectivity index (χ2n) is 6.17. The van der Waals surface area contributed by atoms with Crippen LogP contribution in [0.4, 0.5) is 5.69 Å². The smallest absolute Gasteiger partial charge is 0.266 e. The molecule has 1 aliphatic rings. The Kier molecular flexibility index (Phi) is 6.78. The number of hydrogen-bond donors (Lipinski definition) is 1. The van der Waals surface area contributed by atoms with Gasteiger partial charge in [-0.05, 0) is 36.8 Å². The summed E-state index contributed by atoms with van der Waals surface area (Å²) in [4.78, 5) is 26.8. The van der Waals surface area contributed by atoms with E-state index in [1.165, 1.54) is 16.7 Å². The Hall–Kier alpha value is -1.86. The number of carbonyl (C=O) groups excluding carboxylic acids is 2. The van der Waals surface area contributed by atoms with Crippen molar-refractivity contribution in [2.45, 2.75) is 13.3 Å². The molecule has 4 nitrogen and oxygen atoms in total. The minimum Gasteiger partial charge on any atom is -0.325 e. The number of nitrogens with one attached hydrogen (secondary N) is 1. The first kappa shape index (κ1) is 20.9. The number of benzene rings is 2. The van der Waals surface area contributed by atoms with Crippen molar-refractivity contribution < 1.29 is 9.59 Å². The zero-order valence-corrected chi connectivity index (χ0v) is 18.0.